The molecule has 0 atom stereocenters. The van der Waals surface area contributed by atoms with Crippen molar-refractivity contribution in [2.75, 3.05) is 39.6 Å². The lowest BCUT2D eigenvalue weighted by molar-refractivity contribution is 0.00905. The summed E-state index contributed by atoms with van der Waals surface area (Å²) in [6.45, 7) is 1.61. The molecule has 0 amide bonds. The lowest BCUT2D eigenvalue weighted by Crippen LogP contribution is -2.14. The minimum atomic E-state index is -0.411. The molecule has 0 unspecified atom stereocenters. The molecular weight excluding hydrogens is 268 g/mol. The van der Waals surface area contributed by atoms with E-state index in [1.54, 1.807) is 24.3 Å². The topological polar surface area (TPSA) is 65.0 Å². The Bertz CT molecular complexity index is 383. The number of rotatable bonds is 9. The summed E-state index contributed by atoms with van der Waals surface area (Å²) in [5.74, 6) is -0.411. The van der Waals surface area contributed by atoms with Gasteiger partial charge < -0.3 is 19.3 Å². The highest BCUT2D eigenvalue weighted by Gasteiger charge is 2.09. The van der Waals surface area contributed by atoms with Crippen LogP contribution in [0.3, 0.4) is 0 Å². The van der Waals surface area contributed by atoms with Crippen molar-refractivity contribution in [3.05, 3.63) is 29.8 Å². The number of aliphatic hydroxyl groups excluding tert-OH is 1. The van der Waals surface area contributed by atoms with Crippen molar-refractivity contribution in [3.8, 4) is 0 Å². The second-order valence-electron chi connectivity index (χ2n) is 3.60. The lowest BCUT2D eigenvalue weighted by Gasteiger charge is -2.07. The van der Waals surface area contributed by atoms with Crippen molar-refractivity contribution in [1.82, 2.24) is 0 Å². The van der Waals surface area contributed by atoms with Gasteiger partial charge in [0.2, 0.25) is 0 Å². The van der Waals surface area contributed by atoms with Gasteiger partial charge in [0.05, 0.1) is 38.6 Å². The molecule has 1 rings (SSSR count). The maximum Gasteiger partial charge on any atom is 0.339 e. The molecule has 0 heterocycles. The summed E-state index contributed by atoms with van der Waals surface area (Å²) in [6.07, 6.45) is 0. The zero-order valence-corrected chi connectivity index (χ0v) is 11.5. The van der Waals surface area contributed by atoms with Gasteiger partial charge in [-0.25, -0.2) is 4.79 Å². The van der Waals surface area contributed by atoms with Crippen molar-refractivity contribution >= 4 is 18.6 Å². The maximum atomic E-state index is 11.7. The summed E-state index contributed by atoms with van der Waals surface area (Å²) in [6, 6.07) is 6.95. The molecule has 0 aliphatic carbocycles. The first-order valence-electron chi connectivity index (χ1n) is 5.97. The number of carbonyl (C=O) groups is 1. The van der Waals surface area contributed by atoms with Crippen molar-refractivity contribution < 1.29 is 24.1 Å². The van der Waals surface area contributed by atoms with E-state index in [0.717, 1.165) is 0 Å². The predicted molar refractivity (Wildman–Crippen MR) is 72.7 cm³/mol. The van der Waals surface area contributed by atoms with E-state index in [9.17, 15) is 4.79 Å². The standard InChI is InChI=1S/C13H18O5S/c14-5-6-16-7-8-17-9-10-18-13(15)11-3-1-2-4-12(11)19/h1-4,14,19H,5-10H2. The average Bonchev–Trinajstić information content (AvgIpc) is 2.42. The quantitative estimate of drug-likeness (QED) is 0.405. The van der Waals surface area contributed by atoms with Gasteiger partial charge in [-0.3, -0.25) is 0 Å². The van der Waals surface area contributed by atoms with Crippen LogP contribution >= 0.6 is 12.6 Å². The van der Waals surface area contributed by atoms with Gasteiger partial charge in [-0.05, 0) is 12.1 Å². The Morgan fingerprint density at radius 2 is 1.68 bits per heavy atom. The molecule has 0 saturated heterocycles. The van der Waals surface area contributed by atoms with Gasteiger partial charge in [-0.2, -0.15) is 0 Å². The predicted octanol–water partition coefficient (Wildman–Crippen LogP) is 1.16. The highest BCUT2D eigenvalue weighted by atomic mass is 32.1. The SMILES string of the molecule is O=C(OCCOCCOCCO)c1ccccc1S. The third kappa shape index (κ3) is 6.58. The number of ether oxygens (including phenoxy) is 3. The van der Waals surface area contributed by atoms with Crippen LogP contribution in [0.4, 0.5) is 0 Å². The van der Waals surface area contributed by atoms with Crippen LogP contribution in [0.1, 0.15) is 10.4 Å². The molecule has 0 aliphatic heterocycles. The summed E-state index contributed by atoms with van der Waals surface area (Å²) in [4.78, 5) is 12.2. The molecule has 0 aromatic heterocycles. The van der Waals surface area contributed by atoms with Crippen molar-refractivity contribution in [2.45, 2.75) is 4.90 Å². The highest BCUT2D eigenvalue weighted by Crippen LogP contribution is 2.13. The molecule has 19 heavy (non-hydrogen) atoms. The van der Waals surface area contributed by atoms with Crippen molar-refractivity contribution in [1.29, 1.82) is 0 Å². The van der Waals surface area contributed by atoms with E-state index in [1.807, 2.05) is 0 Å². The van der Waals surface area contributed by atoms with Gasteiger partial charge in [0, 0.05) is 4.90 Å². The molecule has 106 valence electrons. The molecule has 0 aliphatic rings. The largest absolute Gasteiger partial charge is 0.460 e. The Balaban J connectivity index is 2.10. The van der Waals surface area contributed by atoms with E-state index in [1.165, 1.54) is 0 Å². The Kier molecular flexibility index (Phi) is 8.24. The molecule has 0 bridgehead atoms. The summed E-state index contributed by atoms with van der Waals surface area (Å²) >= 11 is 4.18. The first-order chi connectivity index (χ1) is 9.25. The van der Waals surface area contributed by atoms with E-state index >= 15 is 0 Å². The fourth-order valence-electron chi connectivity index (χ4n) is 1.30. The Morgan fingerprint density at radius 1 is 1.05 bits per heavy atom. The van der Waals surface area contributed by atoms with Crippen LogP contribution in [0, 0.1) is 0 Å². The second kappa shape index (κ2) is 9.80. The lowest BCUT2D eigenvalue weighted by atomic mass is 10.2. The zero-order valence-electron chi connectivity index (χ0n) is 10.6. The third-order valence-electron chi connectivity index (χ3n) is 2.19. The van der Waals surface area contributed by atoms with Gasteiger partial charge in [0.1, 0.15) is 6.61 Å². The number of thiol groups is 1. The fraction of sp³-hybridized carbons (Fsp3) is 0.462. The Hall–Kier alpha value is -1.08. The van der Waals surface area contributed by atoms with E-state index in [-0.39, 0.29) is 13.2 Å². The van der Waals surface area contributed by atoms with Gasteiger partial charge in [-0.15, -0.1) is 12.6 Å². The van der Waals surface area contributed by atoms with Gasteiger partial charge >= 0.3 is 5.97 Å². The molecule has 0 fully saturated rings. The van der Waals surface area contributed by atoms with Crippen LogP contribution in [0.2, 0.25) is 0 Å². The average molecular weight is 286 g/mol. The molecule has 1 N–H and O–H groups in total. The maximum absolute atomic E-state index is 11.7. The summed E-state index contributed by atoms with van der Waals surface area (Å²) < 4.78 is 15.2. The number of hydrogen-bond donors (Lipinski definition) is 2. The molecule has 1 aromatic rings. The van der Waals surface area contributed by atoms with Gasteiger partial charge in [0.15, 0.2) is 0 Å². The highest BCUT2D eigenvalue weighted by molar-refractivity contribution is 7.80. The third-order valence-corrected chi connectivity index (χ3v) is 2.58. The first kappa shape index (κ1) is 16.0. The Morgan fingerprint density at radius 3 is 2.37 bits per heavy atom. The fourth-order valence-corrected chi connectivity index (χ4v) is 1.56. The van der Waals surface area contributed by atoms with E-state index in [2.05, 4.69) is 12.6 Å². The number of esters is 1. The summed E-state index contributed by atoms with van der Waals surface area (Å²) in [7, 11) is 0. The molecule has 6 heteroatoms. The smallest absolute Gasteiger partial charge is 0.339 e. The normalized spacial score (nSPS) is 10.4. The van der Waals surface area contributed by atoms with Crippen molar-refractivity contribution in [2.24, 2.45) is 0 Å². The molecule has 0 spiro atoms. The van der Waals surface area contributed by atoms with Gasteiger partial charge in [0.25, 0.3) is 0 Å². The first-order valence-corrected chi connectivity index (χ1v) is 6.42. The molecular formula is C13H18O5S. The number of benzene rings is 1. The summed E-state index contributed by atoms with van der Waals surface area (Å²) in [5.41, 5.74) is 0.442. The van der Waals surface area contributed by atoms with Crippen LogP contribution < -0.4 is 0 Å². The van der Waals surface area contributed by atoms with Crippen LogP contribution in [0.5, 0.6) is 0 Å². The zero-order chi connectivity index (χ0) is 13.9. The number of carbonyl (C=O) groups excluding carboxylic acids is 1. The minimum Gasteiger partial charge on any atom is -0.460 e. The summed E-state index contributed by atoms with van der Waals surface area (Å²) in [5, 5.41) is 8.47. The van der Waals surface area contributed by atoms with E-state index < -0.39 is 5.97 Å². The van der Waals surface area contributed by atoms with Gasteiger partial charge in [-0.1, -0.05) is 12.1 Å². The molecule has 0 radical (unpaired) electrons. The van der Waals surface area contributed by atoms with E-state index in [4.69, 9.17) is 19.3 Å². The molecule has 0 saturated carbocycles. The monoisotopic (exact) mass is 286 g/mol. The van der Waals surface area contributed by atoms with Crippen molar-refractivity contribution in [3.63, 3.8) is 0 Å². The molecule has 5 nitrogen and oxygen atoms in total. The Labute approximate surface area is 117 Å². The van der Waals surface area contributed by atoms with Crippen LogP contribution in [0.15, 0.2) is 29.2 Å². The second-order valence-corrected chi connectivity index (χ2v) is 4.08. The minimum absolute atomic E-state index is 0.000744. The van der Waals surface area contributed by atoms with Crippen LogP contribution in [-0.4, -0.2) is 50.7 Å². The molecule has 1 aromatic carbocycles. The van der Waals surface area contributed by atoms with E-state index in [0.29, 0.717) is 36.9 Å². The number of aliphatic hydroxyl groups is 1. The van der Waals surface area contributed by atoms with Crippen LogP contribution in [0.25, 0.3) is 0 Å². The number of hydrogen-bond acceptors (Lipinski definition) is 6. The van der Waals surface area contributed by atoms with Crippen LogP contribution in [-0.2, 0) is 14.2 Å².